The molecule has 0 amide bonds. The largest absolute Gasteiger partial charge is 0.412 e. The average Bonchev–Trinajstić information content (AvgIpc) is 2.05. The quantitative estimate of drug-likeness (QED) is 0.425. The van der Waals surface area contributed by atoms with Crippen LogP contribution >= 0.6 is 24.2 Å². The van der Waals surface area contributed by atoms with E-state index in [1.807, 2.05) is 18.2 Å². The first-order valence-electron chi connectivity index (χ1n) is 3.07. The van der Waals surface area contributed by atoms with Gasteiger partial charge in [-0.1, -0.05) is 18.2 Å². The number of para-hydroxylation sites is 1. The summed E-state index contributed by atoms with van der Waals surface area (Å²) in [5.74, 6) is -0.183. The normalized spacial score (nSPS) is 7.77. The Kier molecular flexibility index (Phi) is 7.31. The van der Waals surface area contributed by atoms with Crippen LogP contribution in [0.25, 0.3) is 0 Å². The number of rotatable bonds is 1. The summed E-state index contributed by atoms with van der Waals surface area (Å²) in [5.41, 5.74) is 5.84. The molecule has 0 radical (unpaired) electrons. The Morgan fingerprint density at radius 3 is 2.15 bits per heavy atom. The highest BCUT2D eigenvalue weighted by molar-refractivity contribution is 6.36. The molecule has 4 nitrogen and oxygen atoms in total. The van der Waals surface area contributed by atoms with Crippen LogP contribution in [0.3, 0.4) is 0 Å². The topological polar surface area (TPSA) is 84.6 Å². The minimum Gasteiger partial charge on any atom is -0.412 e. The Bertz CT molecular complexity index is 255. The lowest BCUT2D eigenvalue weighted by molar-refractivity contribution is 0.824. The Hall–Kier alpha value is -0.970. The maximum atomic E-state index is 7.01. The SMILES string of the molecule is Cl.N=C(N)N(Cl)c1ccccc1.O. The Balaban J connectivity index is 0. The first kappa shape index (κ1) is 14.5. The third-order valence-electron chi connectivity index (χ3n) is 1.19. The van der Waals surface area contributed by atoms with E-state index in [0.717, 1.165) is 4.42 Å². The van der Waals surface area contributed by atoms with Crippen LogP contribution in [0.1, 0.15) is 0 Å². The van der Waals surface area contributed by atoms with Crippen LogP contribution in [0, 0.1) is 5.41 Å². The second-order valence-corrected chi connectivity index (χ2v) is 2.34. The number of benzene rings is 1. The minimum absolute atomic E-state index is 0. The predicted molar refractivity (Wildman–Crippen MR) is 57.5 cm³/mol. The smallest absolute Gasteiger partial charge is 0.208 e. The van der Waals surface area contributed by atoms with Crippen LogP contribution in [0.4, 0.5) is 5.69 Å². The fourth-order valence-electron chi connectivity index (χ4n) is 0.698. The summed E-state index contributed by atoms with van der Waals surface area (Å²) in [6.07, 6.45) is 0. The molecule has 1 aromatic carbocycles. The maximum absolute atomic E-state index is 7.01. The molecular formula is C7H11Cl2N3O. The molecule has 0 atom stereocenters. The van der Waals surface area contributed by atoms with Crippen molar-refractivity contribution in [3.05, 3.63) is 30.3 Å². The van der Waals surface area contributed by atoms with Crippen molar-refractivity contribution in [2.75, 3.05) is 4.42 Å². The molecule has 0 aliphatic rings. The van der Waals surface area contributed by atoms with Crippen LogP contribution in [0.2, 0.25) is 0 Å². The standard InChI is InChI=1S/C7H8ClN3.ClH.H2O/c8-11(7(9)10)6-4-2-1-3-5-6;;/h1-5H,(H3,9,10);1H;1H2. The van der Waals surface area contributed by atoms with Gasteiger partial charge < -0.3 is 11.2 Å². The van der Waals surface area contributed by atoms with E-state index in [1.54, 1.807) is 12.1 Å². The summed E-state index contributed by atoms with van der Waals surface area (Å²) in [6.45, 7) is 0. The van der Waals surface area contributed by atoms with Gasteiger partial charge >= 0.3 is 0 Å². The van der Waals surface area contributed by atoms with E-state index in [2.05, 4.69) is 0 Å². The van der Waals surface area contributed by atoms with E-state index in [0.29, 0.717) is 5.69 Å². The van der Waals surface area contributed by atoms with Crippen LogP contribution in [0.5, 0.6) is 0 Å². The van der Waals surface area contributed by atoms with Crippen LogP contribution in [-0.2, 0) is 0 Å². The number of hydrogen-bond donors (Lipinski definition) is 2. The number of guanidine groups is 1. The highest BCUT2D eigenvalue weighted by Gasteiger charge is 2.03. The zero-order chi connectivity index (χ0) is 8.27. The molecule has 1 rings (SSSR count). The molecule has 0 bridgehead atoms. The van der Waals surface area contributed by atoms with Crippen molar-refractivity contribution in [1.29, 1.82) is 5.41 Å². The van der Waals surface area contributed by atoms with Crippen molar-refractivity contribution in [3.63, 3.8) is 0 Å². The highest BCUT2D eigenvalue weighted by atomic mass is 35.5. The molecule has 0 saturated carbocycles. The van der Waals surface area contributed by atoms with Gasteiger partial charge in [0.1, 0.15) is 0 Å². The van der Waals surface area contributed by atoms with Crippen LogP contribution < -0.4 is 10.2 Å². The lowest BCUT2D eigenvalue weighted by Crippen LogP contribution is -2.27. The molecule has 0 saturated heterocycles. The Labute approximate surface area is 87.6 Å². The zero-order valence-corrected chi connectivity index (χ0v) is 8.27. The predicted octanol–water partition coefficient (Wildman–Crippen LogP) is 1.14. The second kappa shape index (κ2) is 6.54. The zero-order valence-electron chi connectivity index (χ0n) is 6.70. The van der Waals surface area contributed by atoms with Gasteiger partial charge in [0.25, 0.3) is 0 Å². The molecule has 6 heteroatoms. The number of halogens is 2. The fourth-order valence-corrected chi connectivity index (χ4v) is 0.811. The average molecular weight is 224 g/mol. The van der Waals surface area contributed by atoms with Gasteiger partial charge in [0.2, 0.25) is 5.96 Å². The molecule has 13 heavy (non-hydrogen) atoms. The van der Waals surface area contributed by atoms with Crippen molar-refractivity contribution < 1.29 is 5.48 Å². The summed E-state index contributed by atoms with van der Waals surface area (Å²) in [7, 11) is 0. The van der Waals surface area contributed by atoms with E-state index in [9.17, 15) is 0 Å². The van der Waals surface area contributed by atoms with Crippen molar-refractivity contribution in [3.8, 4) is 0 Å². The van der Waals surface area contributed by atoms with Crippen molar-refractivity contribution >= 4 is 35.8 Å². The van der Waals surface area contributed by atoms with Gasteiger partial charge in [-0.2, -0.15) is 0 Å². The fraction of sp³-hybridized carbons (Fsp3) is 0. The molecular weight excluding hydrogens is 213 g/mol. The van der Waals surface area contributed by atoms with Crippen molar-refractivity contribution in [1.82, 2.24) is 0 Å². The minimum atomic E-state index is -0.183. The van der Waals surface area contributed by atoms with Gasteiger partial charge in [0.05, 0.1) is 5.69 Å². The number of nitrogens with zero attached hydrogens (tertiary/aromatic N) is 1. The summed E-state index contributed by atoms with van der Waals surface area (Å²) in [6, 6.07) is 9.07. The number of nitrogens with two attached hydrogens (primary N) is 1. The molecule has 0 spiro atoms. The van der Waals surface area contributed by atoms with E-state index in [1.165, 1.54) is 0 Å². The first-order chi connectivity index (χ1) is 5.22. The molecule has 0 heterocycles. The summed E-state index contributed by atoms with van der Waals surface area (Å²) >= 11 is 5.62. The molecule has 0 fully saturated rings. The van der Waals surface area contributed by atoms with Gasteiger partial charge in [0.15, 0.2) is 0 Å². The summed E-state index contributed by atoms with van der Waals surface area (Å²) in [5, 5.41) is 7.01. The van der Waals surface area contributed by atoms with Gasteiger partial charge in [-0.3, -0.25) is 5.41 Å². The maximum Gasteiger partial charge on any atom is 0.208 e. The van der Waals surface area contributed by atoms with Crippen molar-refractivity contribution in [2.45, 2.75) is 0 Å². The third kappa shape index (κ3) is 3.98. The molecule has 0 aliphatic carbocycles. The number of nitrogens with one attached hydrogen (secondary N) is 1. The summed E-state index contributed by atoms with van der Waals surface area (Å²) < 4.78 is 1.08. The van der Waals surface area contributed by atoms with Gasteiger partial charge in [0, 0.05) is 11.8 Å². The highest BCUT2D eigenvalue weighted by Crippen LogP contribution is 2.13. The number of anilines is 1. The van der Waals surface area contributed by atoms with E-state index < -0.39 is 0 Å². The first-order valence-corrected chi connectivity index (χ1v) is 3.40. The molecule has 1 aromatic rings. The lowest BCUT2D eigenvalue weighted by Gasteiger charge is -2.11. The molecule has 5 N–H and O–H groups in total. The van der Waals surface area contributed by atoms with Gasteiger partial charge in [-0.05, 0) is 12.1 Å². The Morgan fingerprint density at radius 1 is 1.31 bits per heavy atom. The Morgan fingerprint density at radius 2 is 1.77 bits per heavy atom. The monoisotopic (exact) mass is 223 g/mol. The van der Waals surface area contributed by atoms with Gasteiger partial charge in [-0.25, -0.2) is 4.42 Å². The van der Waals surface area contributed by atoms with E-state index in [-0.39, 0.29) is 23.8 Å². The summed E-state index contributed by atoms with van der Waals surface area (Å²) in [4.78, 5) is 0. The van der Waals surface area contributed by atoms with Crippen LogP contribution in [0.15, 0.2) is 30.3 Å². The molecule has 74 valence electrons. The second-order valence-electron chi connectivity index (χ2n) is 2.00. The lowest BCUT2D eigenvalue weighted by atomic mass is 10.3. The number of hydrogen-bond acceptors (Lipinski definition) is 1. The van der Waals surface area contributed by atoms with Gasteiger partial charge in [-0.15, -0.1) is 12.4 Å². The van der Waals surface area contributed by atoms with Crippen molar-refractivity contribution in [2.24, 2.45) is 5.73 Å². The molecule has 0 aliphatic heterocycles. The van der Waals surface area contributed by atoms with E-state index >= 15 is 0 Å². The van der Waals surface area contributed by atoms with E-state index in [4.69, 9.17) is 22.9 Å². The molecule has 0 unspecified atom stereocenters. The van der Waals surface area contributed by atoms with Crippen LogP contribution in [-0.4, -0.2) is 11.4 Å². The third-order valence-corrected chi connectivity index (χ3v) is 1.57. The molecule has 0 aromatic heterocycles.